The highest BCUT2D eigenvalue weighted by molar-refractivity contribution is 7.98. The van der Waals surface area contributed by atoms with E-state index in [0.717, 1.165) is 10.5 Å². The number of piperazine rings is 1. The third kappa shape index (κ3) is 3.34. The molecule has 0 saturated carbocycles. The molecule has 3 nitrogen and oxygen atoms in total. The molecule has 0 bridgehead atoms. The maximum absolute atomic E-state index is 13.9. The van der Waals surface area contributed by atoms with Crippen molar-refractivity contribution in [2.24, 2.45) is 0 Å². The Labute approximate surface area is 140 Å². The van der Waals surface area contributed by atoms with Gasteiger partial charge < -0.3 is 9.80 Å². The third-order valence-electron chi connectivity index (χ3n) is 4.10. The Morgan fingerprint density at radius 3 is 2.35 bits per heavy atom. The van der Waals surface area contributed by atoms with E-state index < -0.39 is 0 Å². The van der Waals surface area contributed by atoms with Crippen LogP contribution in [0.3, 0.4) is 0 Å². The molecule has 120 valence electrons. The van der Waals surface area contributed by atoms with Crippen LogP contribution >= 0.6 is 11.8 Å². The molecule has 1 saturated heterocycles. The Kier molecular flexibility index (Phi) is 4.86. The largest absolute Gasteiger partial charge is 0.366 e. The fraction of sp³-hybridized carbons (Fsp3) is 0.278. The highest BCUT2D eigenvalue weighted by atomic mass is 32.2. The number of nitrogens with zero attached hydrogens (tertiary/aromatic N) is 2. The number of para-hydroxylation sites is 1. The number of benzene rings is 2. The lowest BCUT2D eigenvalue weighted by Gasteiger charge is -2.36. The van der Waals surface area contributed by atoms with E-state index in [1.807, 2.05) is 46.4 Å². The molecule has 0 spiro atoms. The standard InChI is InChI=1S/C18H19FN2OS/c1-23-17-9-5-2-6-14(17)18(22)21-12-10-20(11-13-21)16-8-4-3-7-15(16)19/h2-9H,10-13H2,1H3. The van der Waals surface area contributed by atoms with Crippen LogP contribution in [0, 0.1) is 5.82 Å². The summed E-state index contributed by atoms with van der Waals surface area (Å²) < 4.78 is 13.9. The molecule has 0 aromatic heterocycles. The minimum absolute atomic E-state index is 0.0585. The van der Waals surface area contributed by atoms with Gasteiger partial charge in [0.1, 0.15) is 5.82 Å². The summed E-state index contributed by atoms with van der Waals surface area (Å²) in [5.41, 5.74) is 1.36. The number of hydrogen-bond donors (Lipinski definition) is 0. The lowest BCUT2D eigenvalue weighted by atomic mass is 10.1. The molecule has 1 amide bonds. The number of thioether (sulfide) groups is 1. The summed E-state index contributed by atoms with van der Waals surface area (Å²) in [6.07, 6.45) is 1.97. The fourth-order valence-corrected chi connectivity index (χ4v) is 3.44. The predicted molar refractivity (Wildman–Crippen MR) is 92.7 cm³/mol. The van der Waals surface area contributed by atoms with Gasteiger partial charge in [0.25, 0.3) is 5.91 Å². The van der Waals surface area contributed by atoms with Crippen LogP contribution < -0.4 is 4.90 Å². The maximum Gasteiger partial charge on any atom is 0.255 e. The number of hydrogen-bond acceptors (Lipinski definition) is 3. The Bertz CT molecular complexity index is 699. The second-order valence-corrected chi connectivity index (χ2v) is 6.28. The minimum atomic E-state index is -0.208. The predicted octanol–water partition coefficient (Wildman–Crippen LogP) is 3.51. The molecule has 0 radical (unpaired) electrons. The van der Waals surface area contributed by atoms with Gasteiger partial charge in [-0.1, -0.05) is 24.3 Å². The van der Waals surface area contributed by atoms with Crippen LogP contribution in [0.1, 0.15) is 10.4 Å². The monoisotopic (exact) mass is 330 g/mol. The van der Waals surface area contributed by atoms with Crippen LogP contribution in [0.5, 0.6) is 0 Å². The molecule has 3 rings (SSSR count). The van der Waals surface area contributed by atoms with E-state index in [-0.39, 0.29) is 11.7 Å². The first-order valence-electron chi connectivity index (χ1n) is 7.62. The quantitative estimate of drug-likeness (QED) is 0.805. The first-order valence-corrected chi connectivity index (χ1v) is 8.85. The molecule has 1 fully saturated rings. The summed E-state index contributed by atoms with van der Waals surface area (Å²) in [4.78, 5) is 17.6. The maximum atomic E-state index is 13.9. The number of carbonyl (C=O) groups is 1. The lowest BCUT2D eigenvalue weighted by Crippen LogP contribution is -2.49. The highest BCUT2D eigenvalue weighted by Crippen LogP contribution is 2.24. The van der Waals surface area contributed by atoms with Crippen LogP contribution in [-0.2, 0) is 0 Å². The Morgan fingerprint density at radius 2 is 1.65 bits per heavy atom. The first kappa shape index (κ1) is 15.9. The molecule has 0 aliphatic carbocycles. The minimum Gasteiger partial charge on any atom is -0.366 e. The Balaban J connectivity index is 1.69. The van der Waals surface area contributed by atoms with Crippen molar-refractivity contribution < 1.29 is 9.18 Å². The van der Waals surface area contributed by atoms with Crippen LogP contribution in [0.25, 0.3) is 0 Å². The number of anilines is 1. The molecule has 1 aliphatic rings. The van der Waals surface area contributed by atoms with Crippen molar-refractivity contribution in [1.82, 2.24) is 4.90 Å². The Morgan fingerprint density at radius 1 is 1.00 bits per heavy atom. The van der Waals surface area contributed by atoms with Crippen molar-refractivity contribution in [2.75, 3.05) is 37.3 Å². The van der Waals surface area contributed by atoms with Gasteiger partial charge >= 0.3 is 0 Å². The van der Waals surface area contributed by atoms with Gasteiger partial charge in [0, 0.05) is 31.1 Å². The summed E-state index contributed by atoms with van der Waals surface area (Å²) in [6, 6.07) is 14.5. The molecule has 5 heteroatoms. The van der Waals surface area contributed by atoms with Crippen LogP contribution in [0.15, 0.2) is 53.4 Å². The molecule has 1 aliphatic heterocycles. The van der Waals surface area contributed by atoms with E-state index in [0.29, 0.717) is 31.9 Å². The zero-order valence-electron chi connectivity index (χ0n) is 13.0. The van der Waals surface area contributed by atoms with Gasteiger partial charge in [-0.25, -0.2) is 4.39 Å². The van der Waals surface area contributed by atoms with Gasteiger partial charge in [-0.3, -0.25) is 4.79 Å². The number of amides is 1. The smallest absolute Gasteiger partial charge is 0.255 e. The van der Waals surface area contributed by atoms with Crippen molar-refractivity contribution >= 4 is 23.4 Å². The second-order valence-electron chi connectivity index (χ2n) is 5.43. The zero-order valence-corrected chi connectivity index (χ0v) is 13.9. The van der Waals surface area contributed by atoms with E-state index in [9.17, 15) is 9.18 Å². The van der Waals surface area contributed by atoms with Crippen LogP contribution in [-0.4, -0.2) is 43.2 Å². The van der Waals surface area contributed by atoms with Crippen molar-refractivity contribution in [2.45, 2.75) is 4.90 Å². The van der Waals surface area contributed by atoms with E-state index in [4.69, 9.17) is 0 Å². The summed E-state index contributed by atoms with van der Waals surface area (Å²) >= 11 is 1.58. The number of halogens is 1. The fourth-order valence-electron chi connectivity index (χ4n) is 2.85. The molecule has 2 aromatic carbocycles. The molecule has 0 atom stereocenters. The van der Waals surface area contributed by atoms with Gasteiger partial charge in [-0.15, -0.1) is 11.8 Å². The first-order chi connectivity index (χ1) is 11.2. The summed E-state index contributed by atoms with van der Waals surface area (Å²) in [5, 5.41) is 0. The topological polar surface area (TPSA) is 23.6 Å². The zero-order chi connectivity index (χ0) is 16.2. The molecule has 0 N–H and O–H groups in total. The average molecular weight is 330 g/mol. The van der Waals surface area contributed by atoms with E-state index in [2.05, 4.69) is 0 Å². The average Bonchev–Trinajstić information content (AvgIpc) is 2.61. The van der Waals surface area contributed by atoms with Gasteiger partial charge in [-0.2, -0.15) is 0 Å². The molecule has 0 unspecified atom stereocenters. The molecular formula is C18H19FN2OS. The number of carbonyl (C=O) groups excluding carboxylic acids is 1. The highest BCUT2D eigenvalue weighted by Gasteiger charge is 2.24. The third-order valence-corrected chi connectivity index (χ3v) is 4.89. The van der Waals surface area contributed by atoms with Crippen molar-refractivity contribution in [1.29, 1.82) is 0 Å². The van der Waals surface area contributed by atoms with Crippen LogP contribution in [0.4, 0.5) is 10.1 Å². The molecule has 1 heterocycles. The van der Waals surface area contributed by atoms with Gasteiger partial charge in [0.2, 0.25) is 0 Å². The summed E-state index contributed by atoms with van der Waals surface area (Å²) in [7, 11) is 0. The van der Waals surface area contributed by atoms with Crippen molar-refractivity contribution in [3.05, 3.63) is 59.9 Å². The summed E-state index contributed by atoms with van der Waals surface area (Å²) in [6.45, 7) is 2.51. The number of rotatable bonds is 3. The van der Waals surface area contributed by atoms with Crippen molar-refractivity contribution in [3.8, 4) is 0 Å². The molecular weight excluding hydrogens is 311 g/mol. The van der Waals surface area contributed by atoms with E-state index >= 15 is 0 Å². The van der Waals surface area contributed by atoms with Gasteiger partial charge in [0.05, 0.1) is 11.3 Å². The summed E-state index contributed by atoms with van der Waals surface area (Å²) in [5.74, 6) is -0.150. The molecule has 2 aromatic rings. The van der Waals surface area contributed by atoms with E-state index in [1.54, 1.807) is 23.9 Å². The normalized spacial score (nSPS) is 14.9. The molecule has 23 heavy (non-hydrogen) atoms. The van der Waals surface area contributed by atoms with Crippen molar-refractivity contribution in [3.63, 3.8) is 0 Å². The van der Waals surface area contributed by atoms with E-state index in [1.165, 1.54) is 6.07 Å². The van der Waals surface area contributed by atoms with Gasteiger partial charge in [0.15, 0.2) is 0 Å². The Hall–Kier alpha value is -2.01. The lowest BCUT2D eigenvalue weighted by molar-refractivity contribution is 0.0743. The van der Waals surface area contributed by atoms with Crippen LogP contribution in [0.2, 0.25) is 0 Å². The van der Waals surface area contributed by atoms with Gasteiger partial charge in [-0.05, 0) is 30.5 Å². The second kappa shape index (κ2) is 7.04. The SMILES string of the molecule is CSc1ccccc1C(=O)N1CCN(c2ccccc2F)CC1.